The molecule has 1 aromatic heterocycles. The van der Waals surface area contributed by atoms with Gasteiger partial charge in [0.15, 0.2) is 0 Å². The van der Waals surface area contributed by atoms with Gasteiger partial charge in [0.05, 0.1) is 0 Å². The molecule has 3 aromatic rings. The Labute approximate surface area is 159 Å². The predicted molar refractivity (Wildman–Crippen MR) is 106 cm³/mol. The lowest BCUT2D eigenvalue weighted by atomic mass is 9.92. The van der Waals surface area contributed by atoms with Crippen LogP contribution < -0.4 is 4.57 Å². The van der Waals surface area contributed by atoms with Crippen LogP contribution in [0, 0.1) is 20.8 Å². The van der Waals surface area contributed by atoms with E-state index in [0.717, 1.165) is 22.2 Å². The Bertz CT molecular complexity index is 1040. The Hall–Kier alpha value is -2.29. The van der Waals surface area contributed by atoms with Crippen LogP contribution in [-0.2, 0) is 7.05 Å². The summed E-state index contributed by atoms with van der Waals surface area (Å²) >= 11 is 0. The third-order valence-electron chi connectivity index (χ3n) is 6.18. The molecule has 0 N–H and O–H groups in total. The number of halogens is 2. The van der Waals surface area contributed by atoms with Gasteiger partial charge in [-0.1, -0.05) is 23.8 Å². The lowest BCUT2D eigenvalue weighted by Gasteiger charge is -2.15. The first-order valence-corrected chi connectivity index (χ1v) is 9.64. The van der Waals surface area contributed by atoms with Crippen molar-refractivity contribution in [2.75, 3.05) is 0 Å². The molecular weight excluding hydrogens is 340 g/mol. The lowest BCUT2D eigenvalue weighted by molar-refractivity contribution is -0.633. The molecule has 1 fully saturated rings. The largest absolute Gasteiger partial charge is 0.248 e. The van der Waals surface area contributed by atoms with Crippen LogP contribution in [0.5, 0.6) is 0 Å². The first kappa shape index (κ1) is 18.1. The first-order valence-electron chi connectivity index (χ1n) is 9.64. The van der Waals surface area contributed by atoms with Gasteiger partial charge in [-0.05, 0) is 61.9 Å². The molecule has 1 unspecified atom stereocenters. The molecule has 0 saturated heterocycles. The maximum atomic E-state index is 13.8. The minimum absolute atomic E-state index is 0.0000264. The molecule has 140 valence electrons. The Morgan fingerprint density at radius 1 is 1.04 bits per heavy atom. The van der Waals surface area contributed by atoms with E-state index in [1.807, 2.05) is 12.1 Å². The van der Waals surface area contributed by atoms with Crippen molar-refractivity contribution in [3.05, 3.63) is 64.7 Å². The van der Waals surface area contributed by atoms with Crippen LogP contribution in [0.1, 0.15) is 47.4 Å². The zero-order valence-corrected chi connectivity index (χ0v) is 16.4. The highest BCUT2D eigenvalue weighted by atomic mass is 19.3. The molecule has 27 heavy (non-hydrogen) atoms. The van der Waals surface area contributed by atoms with Crippen LogP contribution in [0.15, 0.2) is 42.5 Å². The van der Waals surface area contributed by atoms with Gasteiger partial charge in [-0.15, -0.1) is 0 Å². The summed E-state index contributed by atoms with van der Waals surface area (Å²) in [7, 11) is 2.07. The van der Waals surface area contributed by atoms with Crippen LogP contribution in [0.3, 0.4) is 0 Å². The number of rotatable bonds is 2. The number of hydrogen-bond acceptors (Lipinski definition) is 0. The van der Waals surface area contributed by atoms with Gasteiger partial charge in [0.1, 0.15) is 7.05 Å². The summed E-state index contributed by atoms with van der Waals surface area (Å²) in [6.45, 7) is 6.42. The average Bonchev–Trinajstić information content (AvgIpc) is 2.98. The minimum Gasteiger partial charge on any atom is -0.207 e. The van der Waals surface area contributed by atoms with Gasteiger partial charge in [0.25, 0.3) is 0 Å². The van der Waals surface area contributed by atoms with Crippen molar-refractivity contribution in [2.24, 2.45) is 7.05 Å². The van der Waals surface area contributed by atoms with E-state index in [4.69, 9.17) is 0 Å². The van der Waals surface area contributed by atoms with Crippen molar-refractivity contribution in [2.45, 2.75) is 51.9 Å². The highest BCUT2D eigenvalue weighted by Gasteiger charge is 2.40. The average molecular weight is 366 g/mol. The Kier molecular flexibility index (Phi) is 4.29. The molecule has 1 saturated carbocycles. The van der Waals surface area contributed by atoms with E-state index >= 15 is 0 Å². The van der Waals surface area contributed by atoms with Gasteiger partial charge in [0, 0.05) is 35.9 Å². The second-order valence-electron chi connectivity index (χ2n) is 8.11. The van der Waals surface area contributed by atoms with E-state index in [9.17, 15) is 8.78 Å². The summed E-state index contributed by atoms with van der Waals surface area (Å²) in [5.74, 6) is -2.58. The molecule has 0 radical (unpaired) electrons. The van der Waals surface area contributed by atoms with Gasteiger partial charge in [-0.3, -0.25) is 0 Å². The fourth-order valence-corrected chi connectivity index (χ4v) is 4.60. The summed E-state index contributed by atoms with van der Waals surface area (Å²) < 4.78 is 29.7. The maximum Gasteiger partial charge on any atom is 0.248 e. The predicted octanol–water partition coefficient (Wildman–Crippen LogP) is 6.16. The molecule has 0 spiro atoms. The zero-order valence-electron chi connectivity index (χ0n) is 16.4. The van der Waals surface area contributed by atoms with Gasteiger partial charge >= 0.3 is 0 Å². The Balaban J connectivity index is 1.87. The quantitative estimate of drug-likeness (QED) is 0.478. The number of aromatic nitrogens is 1. The molecule has 1 aliphatic carbocycles. The van der Waals surface area contributed by atoms with Crippen LogP contribution in [0.2, 0.25) is 0 Å². The molecule has 2 aromatic carbocycles. The number of nitrogens with zero attached hydrogens (tertiary/aromatic N) is 1. The molecule has 1 aliphatic rings. The number of aryl methyl sites for hydroxylation is 3. The van der Waals surface area contributed by atoms with Crippen molar-refractivity contribution >= 4 is 10.9 Å². The molecular formula is C24H26F2N+. The molecule has 1 nitrogen and oxygen atoms in total. The molecule has 0 aliphatic heterocycles. The topological polar surface area (TPSA) is 3.88 Å². The molecule has 0 amide bonds. The highest BCUT2D eigenvalue weighted by molar-refractivity contribution is 5.82. The van der Waals surface area contributed by atoms with E-state index in [2.05, 4.69) is 62.7 Å². The Morgan fingerprint density at radius 2 is 1.81 bits per heavy atom. The highest BCUT2D eigenvalue weighted by Crippen LogP contribution is 2.45. The van der Waals surface area contributed by atoms with Crippen molar-refractivity contribution in [1.29, 1.82) is 0 Å². The summed E-state index contributed by atoms with van der Waals surface area (Å²) in [5, 5.41) is 1.09. The summed E-state index contributed by atoms with van der Waals surface area (Å²) in [5.41, 5.74) is 8.35. The standard InChI is InChI=1S/C24H26F2N/c1-15-12-16(2)17(3)21(13-15)23-9-8-20-19(6-5-7-22(20)27(23)4)18-10-11-24(25,26)14-18/h5-9,12-13,18H,10-11,14H2,1-4H3/q+1. The molecule has 0 bridgehead atoms. The van der Waals surface area contributed by atoms with Crippen molar-refractivity contribution in [3.63, 3.8) is 0 Å². The Morgan fingerprint density at radius 3 is 2.52 bits per heavy atom. The molecule has 1 heterocycles. The van der Waals surface area contributed by atoms with Crippen molar-refractivity contribution < 1.29 is 13.3 Å². The minimum atomic E-state index is -2.52. The number of alkyl halides is 2. The fourth-order valence-electron chi connectivity index (χ4n) is 4.60. The van der Waals surface area contributed by atoms with E-state index in [0.29, 0.717) is 6.42 Å². The van der Waals surface area contributed by atoms with Crippen LogP contribution in [-0.4, -0.2) is 5.92 Å². The number of benzene rings is 2. The van der Waals surface area contributed by atoms with Crippen molar-refractivity contribution in [3.8, 4) is 11.3 Å². The third-order valence-corrected chi connectivity index (χ3v) is 6.18. The summed E-state index contributed by atoms with van der Waals surface area (Å²) in [6.07, 6.45) is 0.529. The second-order valence-corrected chi connectivity index (χ2v) is 8.11. The second kappa shape index (κ2) is 6.40. The van der Waals surface area contributed by atoms with Gasteiger partial charge in [-0.25, -0.2) is 8.78 Å². The lowest BCUT2D eigenvalue weighted by Crippen LogP contribution is -2.32. The molecule has 4 rings (SSSR count). The van der Waals surface area contributed by atoms with Gasteiger partial charge < -0.3 is 0 Å². The number of fused-ring (bicyclic) bond motifs is 1. The molecule has 1 atom stereocenters. The van der Waals surface area contributed by atoms with E-state index in [1.54, 1.807) is 0 Å². The first-order chi connectivity index (χ1) is 12.8. The maximum absolute atomic E-state index is 13.8. The van der Waals surface area contributed by atoms with Crippen LogP contribution in [0.4, 0.5) is 8.78 Å². The monoisotopic (exact) mass is 366 g/mol. The van der Waals surface area contributed by atoms with E-state index in [1.165, 1.54) is 22.3 Å². The van der Waals surface area contributed by atoms with Crippen molar-refractivity contribution in [1.82, 2.24) is 0 Å². The van der Waals surface area contributed by atoms with E-state index in [-0.39, 0.29) is 18.8 Å². The van der Waals surface area contributed by atoms with Gasteiger partial charge in [0.2, 0.25) is 17.1 Å². The zero-order chi connectivity index (χ0) is 19.3. The van der Waals surface area contributed by atoms with Gasteiger partial charge in [-0.2, -0.15) is 4.57 Å². The summed E-state index contributed by atoms with van der Waals surface area (Å²) in [4.78, 5) is 0. The fraction of sp³-hybridized carbons (Fsp3) is 0.375. The number of hydrogen-bond donors (Lipinski definition) is 0. The number of pyridine rings is 1. The summed E-state index contributed by atoms with van der Waals surface area (Å²) in [6, 6.07) is 14.8. The SMILES string of the molecule is Cc1cc(C)c(C)c(-c2ccc3c(C4CCC(F)(F)C4)cccc3[n+]2C)c1. The third kappa shape index (κ3) is 3.13. The molecule has 3 heteroatoms. The van der Waals surface area contributed by atoms with E-state index < -0.39 is 5.92 Å². The van der Waals surface area contributed by atoms with Crippen LogP contribution in [0.25, 0.3) is 22.2 Å². The smallest absolute Gasteiger partial charge is 0.207 e. The normalized spacial score (nSPS) is 19.0. The van der Waals surface area contributed by atoms with Crippen LogP contribution >= 0.6 is 0 Å².